The number of alkyl halides is 3. The molecule has 3 aromatic rings. The van der Waals surface area contributed by atoms with Crippen LogP contribution in [0.15, 0.2) is 48.5 Å². The highest BCUT2D eigenvalue weighted by Crippen LogP contribution is 2.40. The molecular weight excluding hydrogens is 447 g/mol. The van der Waals surface area contributed by atoms with Gasteiger partial charge in [-0.15, -0.1) is 13.2 Å². The third kappa shape index (κ3) is 5.89. The van der Waals surface area contributed by atoms with E-state index in [1.165, 1.54) is 62.1 Å². The SMILES string of the molecule is CCCCC[C@H]1CC[C@H](c2cc(F)c(-c3ccc4cc(OC(F)(F)F)ccc4c3)c(F)c2)CC1. The fraction of sp³-hybridized carbons (Fsp3) is 0.429. The van der Waals surface area contributed by atoms with E-state index in [4.69, 9.17) is 0 Å². The zero-order chi connectivity index (χ0) is 24.3. The summed E-state index contributed by atoms with van der Waals surface area (Å²) in [6, 6.07) is 11.4. The van der Waals surface area contributed by atoms with Crippen molar-refractivity contribution in [3.63, 3.8) is 0 Å². The molecule has 0 spiro atoms. The van der Waals surface area contributed by atoms with Crippen LogP contribution in [0.5, 0.6) is 5.75 Å². The maximum absolute atomic E-state index is 15.1. The van der Waals surface area contributed by atoms with Crippen LogP contribution in [0.1, 0.15) is 69.8 Å². The van der Waals surface area contributed by atoms with Gasteiger partial charge in [0.25, 0.3) is 0 Å². The molecule has 6 heteroatoms. The lowest BCUT2D eigenvalue weighted by Crippen LogP contribution is -2.16. The third-order valence-electron chi connectivity index (χ3n) is 6.93. The molecule has 1 aliphatic carbocycles. The van der Waals surface area contributed by atoms with E-state index in [9.17, 15) is 13.2 Å². The van der Waals surface area contributed by atoms with E-state index in [0.717, 1.165) is 31.6 Å². The maximum atomic E-state index is 15.1. The van der Waals surface area contributed by atoms with E-state index >= 15 is 8.78 Å². The van der Waals surface area contributed by atoms with Crippen LogP contribution >= 0.6 is 0 Å². The first-order valence-corrected chi connectivity index (χ1v) is 12.0. The number of ether oxygens (including phenoxy) is 1. The number of halogens is 5. The van der Waals surface area contributed by atoms with Gasteiger partial charge in [0.2, 0.25) is 0 Å². The molecule has 3 aromatic carbocycles. The molecule has 0 aliphatic heterocycles. The van der Waals surface area contributed by atoms with Crippen molar-refractivity contribution in [1.82, 2.24) is 0 Å². The minimum atomic E-state index is -4.78. The molecule has 0 unspecified atom stereocenters. The van der Waals surface area contributed by atoms with Gasteiger partial charge in [-0.2, -0.15) is 0 Å². The lowest BCUT2D eigenvalue weighted by atomic mass is 9.76. The molecule has 1 fully saturated rings. The van der Waals surface area contributed by atoms with E-state index < -0.39 is 18.0 Å². The summed E-state index contributed by atoms with van der Waals surface area (Å²) in [6.45, 7) is 2.20. The summed E-state index contributed by atoms with van der Waals surface area (Å²) in [6.07, 6.45) is 4.30. The Bertz CT molecular complexity index is 1110. The van der Waals surface area contributed by atoms with Crippen molar-refractivity contribution in [2.75, 3.05) is 0 Å². The van der Waals surface area contributed by atoms with Gasteiger partial charge in [0.1, 0.15) is 17.4 Å². The largest absolute Gasteiger partial charge is 0.573 e. The van der Waals surface area contributed by atoms with Crippen LogP contribution in [0.3, 0.4) is 0 Å². The van der Waals surface area contributed by atoms with Crippen molar-refractivity contribution in [3.8, 4) is 16.9 Å². The molecule has 0 saturated heterocycles. The number of rotatable bonds is 7. The van der Waals surface area contributed by atoms with Gasteiger partial charge in [-0.1, -0.05) is 50.8 Å². The second kappa shape index (κ2) is 10.3. The Morgan fingerprint density at radius 3 is 2.12 bits per heavy atom. The van der Waals surface area contributed by atoms with Crippen molar-refractivity contribution in [3.05, 3.63) is 65.7 Å². The van der Waals surface area contributed by atoms with E-state index in [1.54, 1.807) is 12.1 Å². The Hall–Kier alpha value is -2.63. The van der Waals surface area contributed by atoms with Gasteiger partial charge in [-0.25, -0.2) is 8.78 Å². The van der Waals surface area contributed by atoms with Gasteiger partial charge in [0.15, 0.2) is 0 Å². The van der Waals surface area contributed by atoms with Crippen molar-refractivity contribution >= 4 is 10.8 Å². The molecule has 0 heterocycles. The van der Waals surface area contributed by atoms with Crippen molar-refractivity contribution < 1.29 is 26.7 Å². The Morgan fingerprint density at radius 1 is 0.824 bits per heavy atom. The molecule has 1 aliphatic rings. The topological polar surface area (TPSA) is 9.23 Å². The predicted octanol–water partition coefficient (Wildman–Crippen LogP) is 9.54. The maximum Gasteiger partial charge on any atom is 0.573 e. The summed E-state index contributed by atoms with van der Waals surface area (Å²) in [5.41, 5.74) is 0.938. The second-order valence-electron chi connectivity index (χ2n) is 9.34. The molecule has 0 radical (unpaired) electrons. The van der Waals surface area contributed by atoms with E-state index in [1.807, 2.05) is 0 Å². The summed E-state index contributed by atoms with van der Waals surface area (Å²) >= 11 is 0. The Labute approximate surface area is 196 Å². The lowest BCUT2D eigenvalue weighted by molar-refractivity contribution is -0.274. The molecule has 1 saturated carbocycles. The molecule has 34 heavy (non-hydrogen) atoms. The van der Waals surface area contributed by atoms with Crippen LogP contribution in [0.4, 0.5) is 22.0 Å². The highest BCUT2D eigenvalue weighted by atomic mass is 19.4. The first kappa shape index (κ1) is 24.5. The highest BCUT2D eigenvalue weighted by molar-refractivity contribution is 5.88. The van der Waals surface area contributed by atoms with Crippen LogP contribution in [-0.2, 0) is 0 Å². The predicted molar refractivity (Wildman–Crippen MR) is 125 cm³/mol. The zero-order valence-electron chi connectivity index (χ0n) is 19.2. The van der Waals surface area contributed by atoms with Gasteiger partial charge in [-0.3, -0.25) is 0 Å². The van der Waals surface area contributed by atoms with Crippen LogP contribution < -0.4 is 4.74 Å². The molecule has 0 N–H and O–H groups in total. The van der Waals surface area contributed by atoms with Crippen LogP contribution in [-0.4, -0.2) is 6.36 Å². The summed E-state index contributed by atoms with van der Waals surface area (Å²) in [4.78, 5) is 0. The quantitative estimate of drug-likeness (QED) is 0.244. The number of fused-ring (bicyclic) bond motifs is 1. The minimum Gasteiger partial charge on any atom is -0.406 e. The molecule has 182 valence electrons. The highest BCUT2D eigenvalue weighted by Gasteiger charge is 2.31. The van der Waals surface area contributed by atoms with Crippen molar-refractivity contribution in [2.24, 2.45) is 5.92 Å². The Kier molecular flexibility index (Phi) is 7.44. The molecule has 0 bridgehead atoms. The smallest absolute Gasteiger partial charge is 0.406 e. The summed E-state index contributed by atoms with van der Waals surface area (Å²) in [7, 11) is 0. The van der Waals surface area contributed by atoms with Crippen LogP contribution in [0.25, 0.3) is 21.9 Å². The number of benzene rings is 3. The fourth-order valence-electron chi connectivity index (χ4n) is 5.15. The fourth-order valence-corrected chi connectivity index (χ4v) is 5.15. The normalized spacial score (nSPS) is 18.9. The van der Waals surface area contributed by atoms with E-state index in [2.05, 4.69) is 11.7 Å². The van der Waals surface area contributed by atoms with Gasteiger partial charge in [0, 0.05) is 0 Å². The molecule has 4 rings (SSSR count). The zero-order valence-corrected chi connectivity index (χ0v) is 19.2. The Balaban J connectivity index is 1.51. The van der Waals surface area contributed by atoms with Crippen LogP contribution in [0, 0.1) is 17.6 Å². The van der Waals surface area contributed by atoms with Gasteiger partial charge in [-0.05, 0) is 89.8 Å². The molecule has 0 aromatic heterocycles. The van der Waals surface area contributed by atoms with Gasteiger partial charge < -0.3 is 4.74 Å². The average Bonchev–Trinajstić information content (AvgIpc) is 2.78. The molecule has 1 nitrogen and oxygen atoms in total. The molecule has 0 amide bonds. The summed E-state index contributed by atoms with van der Waals surface area (Å²) < 4.78 is 71.5. The first-order valence-electron chi connectivity index (χ1n) is 12.0. The monoisotopic (exact) mass is 476 g/mol. The van der Waals surface area contributed by atoms with Crippen molar-refractivity contribution in [2.45, 2.75) is 70.6 Å². The van der Waals surface area contributed by atoms with Gasteiger partial charge >= 0.3 is 6.36 Å². The van der Waals surface area contributed by atoms with E-state index in [-0.39, 0.29) is 17.2 Å². The second-order valence-corrected chi connectivity index (χ2v) is 9.34. The minimum absolute atomic E-state index is 0.116. The Morgan fingerprint density at radius 2 is 1.47 bits per heavy atom. The van der Waals surface area contributed by atoms with Crippen LogP contribution in [0.2, 0.25) is 0 Å². The number of unbranched alkanes of at least 4 members (excludes halogenated alkanes) is 2. The third-order valence-corrected chi connectivity index (χ3v) is 6.93. The summed E-state index contributed by atoms with van der Waals surface area (Å²) in [5.74, 6) is -0.678. The number of hydrogen-bond donors (Lipinski definition) is 0. The standard InChI is InChI=1S/C28H29F5O/c1-2-3-4-5-18-6-8-19(9-7-18)23-16-25(29)27(26(30)17-23)22-11-10-21-15-24(34-28(31,32)33)13-12-20(21)14-22/h10-19H,2-9H2,1H3/t18-,19-. The summed E-state index contributed by atoms with van der Waals surface area (Å²) in [5, 5.41) is 1.05. The van der Waals surface area contributed by atoms with Crippen molar-refractivity contribution in [1.29, 1.82) is 0 Å². The number of hydrogen-bond acceptors (Lipinski definition) is 1. The van der Waals surface area contributed by atoms with Gasteiger partial charge in [0.05, 0.1) is 5.56 Å². The average molecular weight is 477 g/mol. The first-order chi connectivity index (χ1) is 16.2. The molecular formula is C28H29F5O. The molecule has 0 atom stereocenters. The lowest BCUT2D eigenvalue weighted by Gasteiger charge is -2.29. The van der Waals surface area contributed by atoms with E-state index in [0.29, 0.717) is 21.9 Å².